The molecular formula is C20H18ClF2N3O5S. The van der Waals surface area contributed by atoms with Crippen molar-refractivity contribution in [2.75, 3.05) is 26.3 Å². The number of hydrogen-bond donors (Lipinski definition) is 0. The number of hydrogen-bond acceptors (Lipinski definition) is 6. The van der Waals surface area contributed by atoms with Crippen molar-refractivity contribution in [3.05, 3.63) is 58.9 Å². The summed E-state index contributed by atoms with van der Waals surface area (Å²) in [5.74, 6) is -1.11. The predicted molar refractivity (Wildman–Crippen MR) is 111 cm³/mol. The van der Waals surface area contributed by atoms with Crippen LogP contribution in [0.4, 0.5) is 8.78 Å². The van der Waals surface area contributed by atoms with Crippen LogP contribution in [-0.2, 0) is 26.1 Å². The minimum absolute atomic E-state index is 0.0294. The van der Waals surface area contributed by atoms with E-state index in [-0.39, 0.29) is 53.1 Å². The van der Waals surface area contributed by atoms with Crippen molar-refractivity contribution in [2.24, 2.45) is 0 Å². The zero-order valence-corrected chi connectivity index (χ0v) is 18.2. The van der Waals surface area contributed by atoms with Crippen LogP contribution in [0.5, 0.6) is 0 Å². The Bertz CT molecular complexity index is 1260. The van der Waals surface area contributed by atoms with Crippen LogP contribution in [0.2, 0.25) is 5.02 Å². The maximum absolute atomic E-state index is 13.5. The van der Waals surface area contributed by atoms with Crippen LogP contribution in [0.1, 0.15) is 22.7 Å². The van der Waals surface area contributed by atoms with E-state index in [9.17, 15) is 22.0 Å². The molecule has 12 heteroatoms. The average Bonchev–Trinajstić information content (AvgIpc) is 3.17. The summed E-state index contributed by atoms with van der Waals surface area (Å²) in [7, 11) is -3.87. The molecule has 8 nitrogen and oxygen atoms in total. The molecule has 0 bridgehead atoms. The minimum Gasteiger partial charge on any atom is -0.454 e. The average molecular weight is 486 g/mol. The van der Waals surface area contributed by atoms with E-state index in [1.165, 1.54) is 22.5 Å². The first-order valence-corrected chi connectivity index (χ1v) is 11.4. The molecule has 1 aliphatic rings. The molecule has 0 atom stereocenters. The SMILES string of the molecule is O=C(OCc1nc2ccccc2n1C(F)F)c1cc(S(=O)(=O)N2CCOCC2)ccc1Cl. The van der Waals surface area contributed by atoms with Gasteiger partial charge in [-0.3, -0.25) is 4.57 Å². The standard InChI is InChI=1S/C20H18ClF2N3O5S/c21-15-6-5-13(32(28,29)25-7-9-30-10-8-25)11-14(15)19(27)31-12-18-24-16-3-1-2-4-17(16)26(18)20(22)23/h1-6,11,20H,7-10,12H2. The number of aromatic nitrogens is 2. The highest BCUT2D eigenvalue weighted by Gasteiger charge is 2.28. The number of halogens is 3. The lowest BCUT2D eigenvalue weighted by Crippen LogP contribution is -2.40. The van der Waals surface area contributed by atoms with E-state index < -0.39 is 29.1 Å². The van der Waals surface area contributed by atoms with Gasteiger partial charge in [-0.15, -0.1) is 0 Å². The van der Waals surface area contributed by atoms with Gasteiger partial charge in [0.25, 0.3) is 0 Å². The molecule has 1 aromatic heterocycles. The van der Waals surface area contributed by atoms with Gasteiger partial charge in [-0.1, -0.05) is 23.7 Å². The number of carbonyl (C=O) groups is 1. The maximum Gasteiger partial charge on any atom is 0.340 e. The fourth-order valence-electron chi connectivity index (χ4n) is 3.38. The Labute approximate surface area is 187 Å². The highest BCUT2D eigenvalue weighted by Crippen LogP contribution is 2.26. The molecule has 170 valence electrons. The van der Waals surface area contributed by atoms with Gasteiger partial charge in [-0.2, -0.15) is 13.1 Å². The summed E-state index contributed by atoms with van der Waals surface area (Å²) in [4.78, 5) is 16.6. The van der Waals surface area contributed by atoms with E-state index in [1.54, 1.807) is 18.2 Å². The molecule has 1 saturated heterocycles. The maximum atomic E-state index is 13.5. The number of imidazole rings is 1. The molecule has 0 saturated carbocycles. The number of fused-ring (bicyclic) bond motifs is 1. The lowest BCUT2D eigenvalue weighted by molar-refractivity contribution is 0.0387. The zero-order valence-electron chi connectivity index (χ0n) is 16.6. The first kappa shape index (κ1) is 22.6. The lowest BCUT2D eigenvalue weighted by Gasteiger charge is -2.26. The Morgan fingerprint density at radius 3 is 2.62 bits per heavy atom. The normalized spacial score (nSPS) is 15.4. The smallest absolute Gasteiger partial charge is 0.340 e. The van der Waals surface area contributed by atoms with Gasteiger partial charge in [0.15, 0.2) is 5.82 Å². The Balaban J connectivity index is 1.57. The van der Waals surface area contributed by atoms with Gasteiger partial charge in [-0.25, -0.2) is 18.2 Å². The van der Waals surface area contributed by atoms with Gasteiger partial charge in [0.2, 0.25) is 10.0 Å². The van der Waals surface area contributed by atoms with Crippen molar-refractivity contribution in [3.8, 4) is 0 Å². The van der Waals surface area contributed by atoms with Gasteiger partial charge in [0, 0.05) is 13.1 Å². The van der Waals surface area contributed by atoms with E-state index in [1.807, 2.05) is 0 Å². The summed E-state index contributed by atoms with van der Waals surface area (Å²) in [6.45, 7) is -2.51. The molecule has 0 unspecified atom stereocenters. The molecule has 3 aromatic rings. The van der Waals surface area contributed by atoms with Gasteiger partial charge in [0.05, 0.1) is 39.7 Å². The molecule has 0 N–H and O–H groups in total. The third-order valence-corrected chi connectivity index (χ3v) is 7.19. The summed E-state index contributed by atoms with van der Waals surface area (Å²) in [5.41, 5.74) is 0.335. The van der Waals surface area contributed by atoms with Crippen molar-refractivity contribution in [1.29, 1.82) is 0 Å². The molecule has 0 radical (unpaired) electrons. The Kier molecular flexibility index (Phi) is 6.42. The summed E-state index contributed by atoms with van der Waals surface area (Å²) >= 11 is 6.08. The summed E-state index contributed by atoms with van der Waals surface area (Å²) in [6, 6.07) is 9.98. The molecule has 32 heavy (non-hydrogen) atoms. The number of carbonyl (C=O) groups excluding carboxylic acids is 1. The van der Waals surface area contributed by atoms with Crippen LogP contribution >= 0.6 is 11.6 Å². The molecular weight excluding hydrogens is 468 g/mol. The van der Waals surface area contributed by atoms with Gasteiger partial charge >= 0.3 is 12.5 Å². The second-order valence-corrected chi connectivity index (χ2v) is 9.24. The number of para-hydroxylation sites is 2. The van der Waals surface area contributed by atoms with E-state index in [2.05, 4.69) is 4.98 Å². The van der Waals surface area contributed by atoms with E-state index >= 15 is 0 Å². The molecule has 1 aliphatic heterocycles. The number of sulfonamides is 1. The fraction of sp³-hybridized carbons (Fsp3) is 0.300. The van der Waals surface area contributed by atoms with E-state index in [0.29, 0.717) is 10.1 Å². The largest absolute Gasteiger partial charge is 0.454 e. The molecule has 4 rings (SSSR count). The van der Waals surface area contributed by atoms with Gasteiger partial charge in [-0.05, 0) is 30.3 Å². The Morgan fingerprint density at radius 1 is 1.19 bits per heavy atom. The van der Waals surface area contributed by atoms with Crippen LogP contribution in [0.25, 0.3) is 11.0 Å². The fourth-order valence-corrected chi connectivity index (χ4v) is 5.01. The Morgan fingerprint density at radius 2 is 1.91 bits per heavy atom. The monoisotopic (exact) mass is 485 g/mol. The number of nitrogens with zero attached hydrogens (tertiary/aromatic N) is 3. The molecule has 2 heterocycles. The summed E-state index contributed by atoms with van der Waals surface area (Å²) < 4.78 is 65.0. The number of morpholine rings is 1. The quantitative estimate of drug-likeness (QED) is 0.497. The van der Waals surface area contributed by atoms with Crippen molar-refractivity contribution in [1.82, 2.24) is 13.9 Å². The highest BCUT2D eigenvalue weighted by atomic mass is 35.5. The predicted octanol–water partition coefficient (Wildman–Crippen LogP) is 3.46. The van der Waals surface area contributed by atoms with Gasteiger partial charge in [0.1, 0.15) is 6.61 Å². The number of esters is 1. The second kappa shape index (κ2) is 9.10. The van der Waals surface area contributed by atoms with Crippen molar-refractivity contribution in [2.45, 2.75) is 18.1 Å². The number of alkyl halides is 2. The number of benzene rings is 2. The number of rotatable bonds is 6. The van der Waals surface area contributed by atoms with Gasteiger partial charge < -0.3 is 9.47 Å². The molecule has 0 aliphatic carbocycles. The van der Waals surface area contributed by atoms with Crippen LogP contribution in [0.15, 0.2) is 47.4 Å². The summed E-state index contributed by atoms with van der Waals surface area (Å²) in [5, 5.41) is -0.0294. The van der Waals surface area contributed by atoms with Crippen LogP contribution in [-0.4, -0.2) is 54.5 Å². The van der Waals surface area contributed by atoms with E-state index in [0.717, 1.165) is 6.07 Å². The zero-order chi connectivity index (χ0) is 22.9. The van der Waals surface area contributed by atoms with Crippen molar-refractivity contribution >= 4 is 38.6 Å². The first-order valence-electron chi connectivity index (χ1n) is 9.57. The Hall–Kier alpha value is -2.60. The van der Waals surface area contributed by atoms with Crippen molar-refractivity contribution in [3.63, 3.8) is 0 Å². The van der Waals surface area contributed by atoms with Crippen LogP contribution < -0.4 is 0 Å². The lowest BCUT2D eigenvalue weighted by atomic mass is 10.2. The summed E-state index contributed by atoms with van der Waals surface area (Å²) in [6.07, 6.45) is 0. The van der Waals surface area contributed by atoms with Crippen LogP contribution in [0.3, 0.4) is 0 Å². The molecule has 0 amide bonds. The van der Waals surface area contributed by atoms with Crippen LogP contribution in [0, 0.1) is 0 Å². The van der Waals surface area contributed by atoms with E-state index in [4.69, 9.17) is 21.1 Å². The highest BCUT2D eigenvalue weighted by molar-refractivity contribution is 7.89. The second-order valence-electron chi connectivity index (χ2n) is 6.90. The third-order valence-electron chi connectivity index (χ3n) is 4.96. The molecule has 0 spiro atoms. The molecule has 2 aromatic carbocycles. The van der Waals surface area contributed by atoms with Crippen molar-refractivity contribution < 1.29 is 31.5 Å². The minimum atomic E-state index is -3.87. The first-order chi connectivity index (χ1) is 15.3. The topological polar surface area (TPSA) is 90.7 Å². The third kappa shape index (κ3) is 4.33. The molecule has 1 fully saturated rings. The number of ether oxygens (including phenoxy) is 2.